The van der Waals surface area contributed by atoms with Gasteiger partial charge in [-0.2, -0.15) is 0 Å². The lowest BCUT2D eigenvalue weighted by molar-refractivity contribution is 0.584. The van der Waals surface area contributed by atoms with Crippen molar-refractivity contribution in [3.05, 3.63) is 68.6 Å². The largest absolute Gasteiger partial charge is 0.126 e. The lowest BCUT2D eigenvalue weighted by atomic mass is 9.94. The molecule has 0 amide bonds. The van der Waals surface area contributed by atoms with E-state index < -0.39 is 0 Å². The zero-order valence-electron chi connectivity index (χ0n) is 10.5. The van der Waals surface area contributed by atoms with Gasteiger partial charge in [0.25, 0.3) is 0 Å². The Hall–Kier alpha value is -0.310. The maximum atomic E-state index is 6.11. The summed E-state index contributed by atoms with van der Waals surface area (Å²) in [6, 6.07) is 17.0. The summed E-state index contributed by atoms with van der Waals surface area (Å²) in [6.45, 7) is 0. The molecule has 0 N–H and O–H groups in total. The van der Waals surface area contributed by atoms with Crippen molar-refractivity contribution in [2.45, 2.75) is 12.8 Å². The number of hydrogen-bond acceptors (Lipinski definition) is 0. The SMILES string of the molecule is ClCC(Cc1ccc(Br)cc1)Cc1ccc(Br)cc1. The Balaban J connectivity index is 2.00. The van der Waals surface area contributed by atoms with Gasteiger partial charge in [0, 0.05) is 14.8 Å². The van der Waals surface area contributed by atoms with E-state index in [0.29, 0.717) is 11.8 Å². The van der Waals surface area contributed by atoms with Gasteiger partial charge in [0.05, 0.1) is 0 Å². The molecule has 0 atom stereocenters. The van der Waals surface area contributed by atoms with E-state index in [1.807, 2.05) is 0 Å². The highest BCUT2D eigenvalue weighted by Gasteiger charge is 2.10. The highest BCUT2D eigenvalue weighted by Crippen LogP contribution is 2.19. The van der Waals surface area contributed by atoms with Crippen molar-refractivity contribution >= 4 is 43.5 Å². The predicted molar refractivity (Wildman–Crippen MR) is 89.9 cm³/mol. The quantitative estimate of drug-likeness (QED) is 0.550. The van der Waals surface area contributed by atoms with Gasteiger partial charge in [-0.3, -0.25) is 0 Å². The third kappa shape index (κ3) is 4.94. The maximum absolute atomic E-state index is 6.11. The van der Waals surface area contributed by atoms with Crippen LogP contribution in [0.1, 0.15) is 11.1 Å². The first kappa shape index (κ1) is 15.1. The zero-order chi connectivity index (χ0) is 13.7. The monoisotopic (exact) mass is 400 g/mol. The van der Waals surface area contributed by atoms with Crippen LogP contribution in [0.5, 0.6) is 0 Å². The summed E-state index contributed by atoms with van der Waals surface area (Å²) in [6.07, 6.45) is 2.04. The Morgan fingerprint density at radius 1 is 0.737 bits per heavy atom. The van der Waals surface area contributed by atoms with E-state index in [-0.39, 0.29) is 0 Å². The number of alkyl halides is 1. The van der Waals surface area contributed by atoms with E-state index in [1.165, 1.54) is 11.1 Å². The first-order chi connectivity index (χ1) is 9.17. The van der Waals surface area contributed by atoms with Gasteiger partial charge in [-0.25, -0.2) is 0 Å². The van der Waals surface area contributed by atoms with Crippen LogP contribution in [0, 0.1) is 5.92 Å². The van der Waals surface area contributed by atoms with Crippen LogP contribution in [0.15, 0.2) is 57.5 Å². The summed E-state index contributed by atoms with van der Waals surface area (Å²) < 4.78 is 2.23. The standard InChI is InChI=1S/C16H15Br2Cl/c17-15-5-1-12(2-6-15)9-14(11-19)10-13-3-7-16(18)8-4-13/h1-8,14H,9-11H2. The van der Waals surface area contributed by atoms with Gasteiger partial charge in [-0.15, -0.1) is 11.6 Å². The molecule has 100 valence electrons. The third-order valence-electron chi connectivity index (χ3n) is 3.09. The Bertz CT molecular complexity index is 458. The molecule has 0 aliphatic heterocycles. The normalized spacial score (nSPS) is 10.9. The van der Waals surface area contributed by atoms with E-state index in [0.717, 1.165) is 21.8 Å². The number of halogens is 3. The Kier molecular flexibility index (Phi) is 5.93. The molecule has 2 aromatic rings. The highest BCUT2D eigenvalue weighted by atomic mass is 79.9. The molecule has 3 heteroatoms. The minimum absolute atomic E-state index is 0.476. The third-order valence-corrected chi connectivity index (χ3v) is 4.59. The molecule has 2 aromatic carbocycles. The topological polar surface area (TPSA) is 0 Å². The number of benzene rings is 2. The van der Waals surface area contributed by atoms with E-state index in [9.17, 15) is 0 Å². The smallest absolute Gasteiger partial charge is 0.0258 e. The lowest BCUT2D eigenvalue weighted by Gasteiger charge is -2.14. The van der Waals surface area contributed by atoms with E-state index >= 15 is 0 Å². The van der Waals surface area contributed by atoms with Crippen molar-refractivity contribution in [1.29, 1.82) is 0 Å². The second-order valence-corrected chi connectivity index (χ2v) is 6.82. The molecule has 0 aromatic heterocycles. The number of rotatable bonds is 5. The average molecular weight is 403 g/mol. The van der Waals surface area contributed by atoms with Gasteiger partial charge in [0.1, 0.15) is 0 Å². The Morgan fingerprint density at radius 2 is 1.11 bits per heavy atom. The molecule has 0 fully saturated rings. The molecular formula is C16H15Br2Cl. The first-order valence-corrected chi connectivity index (χ1v) is 8.34. The maximum Gasteiger partial charge on any atom is 0.0258 e. The predicted octanol–water partition coefficient (Wildman–Crippen LogP) is 5.85. The molecule has 0 aliphatic rings. The van der Waals surface area contributed by atoms with Gasteiger partial charge in [0.15, 0.2) is 0 Å². The molecule has 0 heterocycles. The molecule has 0 unspecified atom stereocenters. The summed E-state index contributed by atoms with van der Waals surface area (Å²) >= 11 is 13.0. The average Bonchev–Trinajstić information content (AvgIpc) is 2.43. The second kappa shape index (κ2) is 7.47. The van der Waals surface area contributed by atoms with Gasteiger partial charge < -0.3 is 0 Å². The van der Waals surface area contributed by atoms with E-state index in [1.54, 1.807) is 0 Å². The van der Waals surface area contributed by atoms with Crippen LogP contribution in [0.3, 0.4) is 0 Å². The Labute approximate surface area is 136 Å². The van der Waals surface area contributed by atoms with Crippen LogP contribution < -0.4 is 0 Å². The van der Waals surface area contributed by atoms with Crippen LogP contribution in [0.4, 0.5) is 0 Å². The summed E-state index contributed by atoms with van der Waals surface area (Å²) in [5, 5.41) is 0. The van der Waals surface area contributed by atoms with Crippen molar-refractivity contribution in [2.24, 2.45) is 5.92 Å². The molecular weight excluding hydrogens is 387 g/mol. The van der Waals surface area contributed by atoms with Crippen molar-refractivity contribution in [3.8, 4) is 0 Å². The van der Waals surface area contributed by atoms with Crippen LogP contribution in [-0.4, -0.2) is 5.88 Å². The minimum atomic E-state index is 0.476. The number of hydrogen-bond donors (Lipinski definition) is 0. The van der Waals surface area contributed by atoms with Gasteiger partial charge in [0.2, 0.25) is 0 Å². The molecule has 0 bridgehead atoms. The molecule has 0 spiro atoms. The zero-order valence-corrected chi connectivity index (χ0v) is 14.4. The summed E-state index contributed by atoms with van der Waals surface area (Å²) in [5.74, 6) is 1.16. The molecule has 2 rings (SSSR count). The molecule has 19 heavy (non-hydrogen) atoms. The van der Waals surface area contributed by atoms with Crippen LogP contribution in [-0.2, 0) is 12.8 Å². The first-order valence-electron chi connectivity index (χ1n) is 6.22. The fourth-order valence-electron chi connectivity index (χ4n) is 2.09. The summed E-state index contributed by atoms with van der Waals surface area (Å²) in [5.41, 5.74) is 2.68. The minimum Gasteiger partial charge on any atom is -0.126 e. The van der Waals surface area contributed by atoms with Crippen LogP contribution >= 0.6 is 43.5 Å². The van der Waals surface area contributed by atoms with Crippen molar-refractivity contribution in [2.75, 3.05) is 5.88 Å². The van der Waals surface area contributed by atoms with Gasteiger partial charge >= 0.3 is 0 Å². The van der Waals surface area contributed by atoms with E-state index in [2.05, 4.69) is 80.4 Å². The van der Waals surface area contributed by atoms with Crippen LogP contribution in [0.25, 0.3) is 0 Å². The molecule has 0 nitrogen and oxygen atoms in total. The van der Waals surface area contributed by atoms with Gasteiger partial charge in [-0.1, -0.05) is 56.1 Å². The van der Waals surface area contributed by atoms with Gasteiger partial charge in [-0.05, 0) is 54.2 Å². The van der Waals surface area contributed by atoms with Crippen molar-refractivity contribution in [3.63, 3.8) is 0 Å². The Morgan fingerprint density at radius 3 is 1.42 bits per heavy atom. The van der Waals surface area contributed by atoms with E-state index in [4.69, 9.17) is 11.6 Å². The molecule has 0 saturated carbocycles. The van der Waals surface area contributed by atoms with Crippen molar-refractivity contribution < 1.29 is 0 Å². The molecule has 0 aliphatic carbocycles. The van der Waals surface area contributed by atoms with Crippen LogP contribution in [0.2, 0.25) is 0 Å². The summed E-state index contributed by atoms with van der Waals surface area (Å²) in [4.78, 5) is 0. The lowest BCUT2D eigenvalue weighted by Crippen LogP contribution is -2.10. The molecule has 0 radical (unpaired) electrons. The fourth-order valence-corrected chi connectivity index (χ4v) is 2.84. The van der Waals surface area contributed by atoms with Crippen molar-refractivity contribution in [1.82, 2.24) is 0 Å². The molecule has 0 saturated heterocycles. The highest BCUT2D eigenvalue weighted by molar-refractivity contribution is 9.10. The summed E-state index contributed by atoms with van der Waals surface area (Å²) in [7, 11) is 0. The fraction of sp³-hybridized carbons (Fsp3) is 0.250. The second-order valence-electron chi connectivity index (χ2n) is 4.68.